The number of nitrogens with zero attached hydrogens (tertiary/aromatic N) is 1. The van der Waals surface area contributed by atoms with Gasteiger partial charge in [-0.2, -0.15) is 13.2 Å². The molecule has 1 heterocycles. The quantitative estimate of drug-likeness (QED) is 0.290. The molecule has 16 heteroatoms. The van der Waals surface area contributed by atoms with E-state index in [0.717, 1.165) is 4.90 Å². The lowest BCUT2D eigenvalue weighted by atomic mass is 9.97. The summed E-state index contributed by atoms with van der Waals surface area (Å²) < 4.78 is 78.5. The Morgan fingerprint density at radius 2 is 1.67 bits per heavy atom. The summed E-state index contributed by atoms with van der Waals surface area (Å²) in [4.78, 5) is 41.8. The molecule has 1 aliphatic heterocycles. The molecule has 49 heavy (non-hydrogen) atoms. The van der Waals surface area contributed by atoms with Crippen molar-refractivity contribution in [1.82, 2.24) is 15.5 Å². The number of alkyl halides is 3. The minimum atomic E-state index is -5.07. The van der Waals surface area contributed by atoms with Crippen LogP contribution in [-0.2, 0) is 36.3 Å². The van der Waals surface area contributed by atoms with Crippen LogP contribution in [0.4, 0.5) is 18.0 Å². The molecule has 272 valence electrons. The fourth-order valence-corrected chi connectivity index (χ4v) is 7.41. The van der Waals surface area contributed by atoms with Gasteiger partial charge in [0.05, 0.1) is 24.2 Å². The number of alkyl carbamates (subject to hydrolysis) is 1. The number of carbonyl (C=O) groups is 3. The molecule has 0 spiro atoms. The van der Waals surface area contributed by atoms with E-state index >= 15 is 0 Å². The van der Waals surface area contributed by atoms with Gasteiger partial charge in [-0.05, 0) is 68.5 Å². The molecule has 2 aromatic rings. The first kappa shape index (κ1) is 39.9. The molecule has 3 unspecified atom stereocenters. The average molecular weight is 734 g/mol. The Labute approximate surface area is 289 Å². The summed E-state index contributed by atoms with van der Waals surface area (Å²) in [5.74, 6) is -2.81. The predicted molar refractivity (Wildman–Crippen MR) is 177 cm³/mol. The average Bonchev–Trinajstić information content (AvgIpc) is 3.44. The van der Waals surface area contributed by atoms with Crippen molar-refractivity contribution < 1.29 is 50.6 Å². The van der Waals surface area contributed by atoms with E-state index in [4.69, 9.17) is 21.1 Å². The van der Waals surface area contributed by atoms with Crippen LogP contribution in [0.2, 0.25) is 5.02 Å². The van der Waals surface area contributed by atoms with Crippen LogP contribution in [0, 0.1) is 5.92 Å². The molecular formula is C33H43ClF3N3O8S. The van der Waals surface area contributed by atoms with Gasteiger partial charge < -0.3 is 30.1 Å². The molecule has 0 saturated carbocycles. The van der Waals surface area contributed by atoms with Gasteiger partial charge in [-0.15, -0.1) is 0 Å². The summed E-state index contributed by atoms with van der Waals surface area (Å²) in [7, 11) is -2.61. The molecule has 5 atom stereocenters. The third-order valence-electron chi connectivity index (χ3n) is 7.90. The fraction of sp³-hybridized carbons (Fsp3) is 0.545. The number of hydrogen-bond donors (Lipinski definition) is 3. The molecule has 1 aliphatic rings. The van der Waals surface area contributed by atoms with E-state index in [1.54, 1.807) is 69.3 Å². The van der Waals surface area contributed by atoms with E-state index in [-0.39, 0.29) is 6.42 Å². The number of nitrogens with one attached hydrogen (secondary N) is 2. The van der Waals surface area contributed by atoms with Gasteiger partial charge in [0, 0.05) is 18.0 Å². The number of ether oxygens (including phenoxy) is 2. The van der Waals surface area contributed by atoms with Gasteiger partial charge in [0.15, 0.2) is 15.9 Å². The van der Waals surface area contributed by atoms with Crippen LogP contribution in [0.5, 0.6) is 5.75 Å². The fourth-order valence-electron chi connectivity index (χ4n) is 5.45. The van der Waals surface area contributed by atoms with Crippen molar-refractivity contribution in [2.75, 3.05) is 13.7 Å². The first-order chi connectivity index (χ1) is 22.6. The number of sulfone groups is 1. The molecule has 11 nitrogen and oxygen atoms in total. The van der Waals surface area contributed by atoms with E-state index in [0.29, 0.717) is 21.9 Å². The zero-order valence-corrected chi connectivity index (χ0v) is 29.7. The molecule has 0 aromatic heterocycles. The zero-order valence-electron chi connectivity index (χ0n) is 28.1. The SMILES string of the molecule is COc1ccc(CS(=O)(=O)[C@@H]2C[C@@H](C(=O)NC(C(C)C)C(O)C(F)(F)F)N(C(=O)C(Cc3cccc(Cl)c3)NC(=O)OC(C)(C)C)C2)cc1. The van der Waals surface area contributed by atoms with Crippen molar-refractivity contribution >= 4 is 39.3 Å². The second kappa shape index (κ2) is 16.0. The Kier molecular flexibility index (Phi) is 13.0. The lowest BCUT2D eigenvalue weighted by Gasteiger charge is -2.33. The maximum atomic E-state index is 14.3. The van der Waals surface area contributed by atoms with Crippen molar-refractivity contribution in [2.24, 2.45) is 5.92 Å². The molecule has 0 bridgehead atoms. The van der Waals surface area contributed by atoms with Crippen molar-refractivity contribution in [3.8, 4) is 5.75 Å². The van der Waals surface area contributed by atoms with Crippen molar-refractivity contribution in [2.45, 2.75) is 94.5 Å². The van der Waals surface area contributed by atoms with Gasteiger partial charge >= 0.3 is 12.3 Å². The summed E-state index contributed by atoms with van der Waals surface area (Å²) in [6.07, 6.45) is -9.56. The Bertz CT molecular complexity index is 1580. The minimum absolute atomic E-state index is 0.145. The number of amides is 3. The van der Waals surface area contributed by atoms with Gasteiger partial charge in [-0.3, -0.25) is 9.59 Å². The number of benzene rings is 2. The van der Waals surface area contributed by atoms with Crippen LogP contribution in [-0.4, -0.2) is 91.2 Å². The standard InChI is InChI=1S/C33H43ClF3N3O8S/c1-19(2)27(28(41)33(35,36)37)39-29(42)26-16-24(49(45,46)18-20-10-12-23(47-6)13-11-20)17-40(26)30(43)25(38-31(44)48-32(3,4)5)15-21-8-7-9-22(34)14-21/h7-14,19,24-28,41H,15-18H2,1-6H3,(H,38,44)(H,39,42)/t24-,25?,26+,27?,28?/m1/s1. The summed E-state index contributed by atoms with van der Waals surface area (Å²) in [6.45, 7) is 7.07. The monoisotopic (exact) mass is 733 g/mol. The predicted octanol–water partition coefficient (Wildman–Crippen LogP) is 4.43. The molecule has 1 saturated heterocycles. The van der Waals surface area contributed by atoms with Crippen LogP contribution >= 0.6 is 11.6 Å². The summed E-state index contributed by atoms with van der Waals surface area (Å²) in [5.41, 5.74) is -0.0283. The van der Waals surface area contributed by atoms with Crippen molar-refractivity contribution in [3.63, 3.8) is 0 Å². The molecule has 2 aromatic carbocycles. The van der Waals surface area contributed by atoms with Gasteiger partial charge in [-0.25, -0.2) is 13.2 Å². The van der Waals surface area contributed by atoms with Crippen LogP contribution in [0.3, 0.4) is 0 Å². The number of methoxy groups -OCH3 is 1. The highest BCUT2D eigenvalue weighted by atomic mass is 35.5. The lowest BCUT2D eigenvalue weighted by Crippen LogP contribution is -2.58. The van der Waals surface area contributed by atoms with Gasteiger partial charge in [0.25, 0.3) is 0 Å². The third kappa shape index (κ3) is 11.2. The van der Waals surface area contributed by atoms with Crippen LogP contribution < -0.4 is 15.4 Å². The van der Waals surface area contributed by atoms with Gasteiger partial charge in [0.1, 0.15) is 23.4 Å². The second-order valence-corrected chi connectivity index (χ2v) is 16.0. The number of rotatable bonds is 12. The molecule has 0 radical (unpaired) electrons. The van der Waals surface area contributed by atoms with Crippen LogP contribution in [0.1, 0.15) is 52.2 Å². The van der Waals surface area contributed by atoms with E-state index < -0.39 is 93.6 Å². The van der Waals surface area contributed by atoms with Gasteiger partial charge in [0.2, 0.25) is 11.8 Å². The zero-order chi connectivity index (χ0) is 36.9. The largest absolute Gasteiger partial charge is 0.497 e. The summed E-state index contributed by atoms with van der Waals surface area (Å²) >= 11 is 6.14. The Morgan fingerprint density at radius 3 is 2.20 bits per heavy atom. The Hall–Kier alpha value is -3.56. The highest BCUT2D eigenvalue weighted by Gasteiger charge is 2.49. The maximum Gasteiger partial charge on any atom is 0.416 e. The summed E-state index contributed by atoms with van der Waals surface area (Å²) in [5, 5.41) is 13.8. The molecule has 3 rings (SSSR count). The number of aliphatic hydroxyl groups excluding tert-OH is 1. The number of carbonyl (C=O) groups excluding carboxylic acids is 3. The third-order valence-corrected chi connectivity index (χ3v) is 10.2. The smallest absolute Gasteiger partial charge is 0.416 e. The van der Waals surface area contributed by atoms with E-state index in [1.807, 2.05) is 0 Å². The van der Waals surface area contributed by atoms with E-state index in [9.17, 15) is 41.1 Å². The van der Waals surface area contributed by atoms with Gasteiger partial charge in [-0.1, -0.05) is 49.7 Å². The molecule has 3 N–H and O–H groups in total. The molecule has 0 aliphatic carbocycles. The Morgan fingerprint density at radius 1 is 1.04 bits per heavy atom. The minimum Gasteiger partial charge on any atom is -0.497 e. The first-order valence-corrected chi connectivity index (χ1v) is 17.6. The topological polar surface area (TPSA) is 151 Å². The normalized spacial score (nSPS) is 18.8. The lowest BCUT2D eigenvalue weighted by molar-refractivity contribution is -0.215. The van der Waals surface area contributed by atoms with Crippen LogP contribution in [0.25, 0.3) is 0 Å². The number of halogens is 4. The molecule has 3 amide bonds. The van der Waals surface area contributed by atoms with Crippen LogP contribution in [0.15, 0.2) is 48.5 Å². The summed E-state index contributed by atoms with van der Waals surface area (Å²) in [6, 6.07) is 7.92. The number of hydrogen-bond acceptors (Lipinski definition) is 8. The Balaban J connectivity index is 2.01. The van der Waals surface area contributed by atoms with E-state index in [2.05, 4.69) is 10.6 Å². The number of likely N-dealkylation sites (tertiary alicyclic amines) is 1. The molecular weight excluding hydrogens is 691 g/mol. The molecule has 1 fully saturated rings. The highest BCUT2D eigenvalue weighted by Crippen LogP contribution is 2.30. The first-order valence-electron chi connectivity index (χ1n) is 15.6. The maximum absolute atomic E-state index is 14.3. The van der Waals surface area contributed by atoms with E-state index in [1.165, 1.54) is 21.0 Å². The number of aliphatic hydroxyl groups is 1. The van der Waals surface area contributed by atoms with Crippen molar-refractivity contribution in [1.29, 1.82) is 0 Å². The van der Waals surface area contributed by atoms with Crippen molar-refractivity contribution in [3.05, 3.63) is 64.7 Å². The highest BCUT2D eigenvalue weighted by molar-refractivity contribution is 7.91. The second-order valence-electron chi connectivity index (χ2n) is 13.3.